The van der Waals surface area contributed by atoms with Gasteiger partial charge in [-0.05, 0) is 88.3 Å². The first kappa shape index (κ1) is 33.0. The number of hydrogen-bond acceptors (Lipinski definition) is 7. The Bertz CT molecular complexity index is 1320. The summed E-state index contributed by atoms with van der Waals surface area (Å²) in [5, 5.41) is 8.11. The van der Waals surface area contributed by atoms with E-state index in [2.05, 4.69) is 20.7 Å². The second kappa shape index (κ2) is 13.8. The van der Waals surface area contributed by atoms with Gasteiger partial charge in [0, 0.05) is 23.4 Å². The first-order chi connectivity index (χ1) is 20.3. The normalized spacial score (nSPS) is 24.1. The molecular formula is C30H43ClN4O7S. The maximum absolute atomic E-state index is 13.8. The number of alkyl carbamates (subject to hydrolysis) is 1. The van der Waals surface area contributed by atoms with E-state index >= 15 is 0 Å². The number of amides is 4. The lowest BCUT2D eigenvalue weighted by Crippen LogP contribution is -2.61. The number of halogens is 1. The molecule has 0 bridgehead atoms. The maximum atomic E-state index is 13.8. The molecule has 4 N–H and O–H groups in total. The Kier molecular flexibility index (Phi) is 10.6. The second-order valence-electron chi connectivity index (χ2n) is 12.8. The zero-order valence-electron chi connectivity index (χ0n) is 25.0. The van der Waals surface area contributed by atoms with Gasteiger partial charge in [-0.2, -0.15) is 0 Å². The SMILES string of the molecule is CC(C)C[C@@](C)(NC(=O)OC1CCCC1Cc1cccc(Cl)c1)C(=O)N[C@@H](C[C@@H]1CCNC1=O)C(=O)NS(=O)(=O)C1CC1. The van der Waals surface area contributed by atoms with Gasteiger partial charge in [0.1, 0.15) is 17.7 Å². The number of ether oxygens (including phenoxy) is 1. The monoisotopic (exact) mass is 638 g/mol. The summed E-state index contributed by atoms with van der Waals surface area (Å²) in [7, 11) is -3.88. The van der Waals surface area contributed by atoms with Crippen molar-refractivity contribution in [2.24, 2.45) is 17.8 Å². The summed E-state index contributed by atoms with van der Waals surface area (Å²) < 4.78 is 32.9. The molecule has 4 rings (SSSR count). The van der Waals surface area contributed by atoms with Crippen LogP contribution in [0.4, 0.5) is 4.79 Å². The Hall–Kier alpha value is -2.86. The van der Waals surface area contributed by atoms with Gasteiger partial charge in [-0.3, -0.25) is 19.1 Å². The van der Waals surface area contributed by atoms with Gasteiger partial charge in [0.2, 0.25) is 21.8 Å². The van der Waals surface area contributed by atoms with Gasteiger partial charge >= 0.3 is 6.09 Å². The van der Waals surface area contributed by atoms with Crippen LogP contribution in [0.3, 0.4) is 0 Å². The largest absolute Gasteiger partial charge is 0.446 e. The Labute approximate surface area is 258 Å². The van der Waals surface area contributed by atoms with Crippen LogP contribution in [0.1, 0.15) is 77.7 Å². The van der Waals surface area contributed by atoms with Crippen LogP contribution in [0.5, 0.6) is 0 Å². The lowest BCUT2D eigenvalue weighted by molar-refractivity contribution is -0.133. The molecule has 1 aromatic carbocycles. The molecule has 43 heavy (non-hydrogen) atoms. The summed E-state index contributed by atoms with van der Waals surface area (Å²) in [6.07, 6.45) is 3.66. The molecule has 4 amide bonds. The average molecular weight is 639 g/mol. The minimum atomic E-state index is -3.88. The lowest BCUT2D eigenvalue weighted by atomic mass is 9.89. The van der Waals surface area contributed by atoms with Crippen molar-refractivity contribution in [1.82, 2.24) is 20.7 Å². The van der Waals surface area contributed by atoms with E-state index in [1.165, 1.54) is 0 Å². The Balaban J connectivity index is 1.45. The molecular weight excluding hydrogens is 596 g/mol. The molecule has 2 aliphatic carbocycles. The number of carbonyl (C=O) groups excluding carboxylic acids is 4. The van der Waals surface area contributed by atoms with Gasteiger partial charge < -0.3 is 20.7 Å². The summed E-state index contributed by atoms with van der Waals surface area (Å²) in [5.41, 5.74) is -0.417. The van der Waals surface area contributed by atoms with Gasteiger partial charge in [0.15, 0.2) is 0 Å². The number of carbonyl (C=O) groups is 4. The van der Waals surface area contributed by atoms with Gasteiger partial charge in [0.25, 0.3) is 5.91 Å². The van der Waals surface area contributed by atoms with Gasteiger partial charge in [-0.1, -0.05) is 37.6 Å². The van der Waals surface area contributed by atoms with E-state index in [9.17, 15) is 27.6 Å². The standard InChI is InChI=1S/C30H43ClN4O7S/c1-18(2)17-30(3,34-29(39)42-25-9-5-7-20(25)14-19-6-4-8-22(31)15-19)28(38)33-24(16-21-12-13-32-26(21)36)27(37)35-43(40,41)23-10-11-23/h4,6,8,15,18,20-21,23-25H,5,7,9-14,16-17H2,1-3H3,(H,32,36)(H,33,38)(H,34,39)(H,35,37)/t20?,21-,24-,25?,30+/m0/s1. The van der Waals surface area contributed by atoms with Crippen molar-refractivity contribution in [3.63, 3.8) is 0 Å². The minimum absolute atomic E-state index is 0.0266. The fraction of sp³-hybridized carbons (Fsp3) is 0.667. The minimum Gasteiger partial charge on any atom is -0.446 e. The van der Waals surface area contributed by atoms with Crippen LogP contribution < -0.4 is 20.7 Å². The summed E-state index contributed by atoms with van der Waals surface area (Å²) in [4.78, 5) is 52.4. The van der Waals surface area contributed by atoms with Crippen molar-refractivity contribution in [3.05, 3.63) is 34.9 Å². The van der Waals surface area contributed by atoms with E-state index in [0.717, 1.165) is 18.4 Å². The maximum Gasteiger partial charge on any atom is 0.408 e. The number of benzene rings is 1. The van der Waals surface area contributed by atoms with Crippen LogP contribution in [-0.2, 0) is 35.6 Å². The molecule has 1 heterocycles. The molecule has 13 heteroatoms. The van der Waals surface area contributed by atoms with Crippen LogP contribution in [0.15, 0.2) is 24.3 Å². The van der Waals surface area contributed by atoms with E-state index in [-0.39, 0.29) is 36.7 Å². The molecule has 0 spiro atoms. The molecule has 3 fully saturated rings. The van der Waals surface area contributed by atoms with Crippen molar-refractivity contribution in [2.45, 2.75) is 101 Å². The molecule has 1 saturated heterocycles. The summed E-state index contributed by atoms with van der Waals surface area (Å²) >= 11 is 6.14. The van der Waals surface area contributed by atoms with Gasteiger partial charge in [0.05, 0.1) is 5.25 Å². The Morgan fingerprint density at radius 3 is 2.51 bits per heavy atom. The zero-order valence-corrected chi connectivity index (χ0v) is 26.6. The lowest BCUT2D eigenvalue weighted by Gasteiger charge is -2.33. The molecule has 1 aromatic rings. The van der Waals surface area contributed by atoms with E-state index in [1.54, 1.807) is 6.92 Å². The van der Waals surface area contributed by atoms with E-state index < -0.39 is 50.7 Å². The topological polar surface area (TPSA) is 160 Å². The van der Waals surface area contributed by atoms with Crippen molar-refractivity contribution in [2.75, 3.05) is 6.54 Å². The fourth-order valence-corrected chi connectivity index (χ4v) is 7.70. The highest BCUT2D eigenvalue weighted by atomic mass is 35.5. The first-order valence-corrected chi connectivity index (χ1v) is 17.1. The molecule has 2 unspecified atom stereocenters. The summed E-state index contributed by atoms with van der Waals surface area (Å²) in [6.45, 7) is 5.78. The predicted octanol–water partition coefficient (Wildman–Crippen LogP) is 3.20. The quantitative estimate of drug-likeness (QED) is 0.258. The van der Waals surface area contributed by atoms with Crippen LogP contribution in [-0.4, -0.2) is 61.7 Å². The smallest absolute Gasteiger partial charge is 0.408 e. The second-order valence-corrected chi connectivity index (χ2v) is 15.2. The molecule has 238 valence electrons. The van der Waals surface area contributed by atoms with Crippen molar-refractivity contribution < 1.29 is 32.3 Å². The fourth-order valence-electron chi connectivity index (χ4n) is 6.14. The summed E-state index contributed by atoms with van der Waals surface area (Å²) in [6, 6.07) is 6.29. The molecule has 1 aliphatic heterocycles. The van der Waals surface area contributed by atoms with E-state index in [4.69, 9.17) is 16.3 Å². The molecule has 11 nitrogen and oxygen atoms in total. The third-order valence-electron chi connectivity index (χ3n) is 8.44. The van der Waals surface area contributed by atoms with Crippen molar-refractivity contribution >= 4 is 45.4 Å². The third-order valence-corrected chi connectivity index (χ3v) is 10.5. The highest BCUT2D eigenvalue weighted by molar-refractivity contribution is 7.90. The number of sulfonamides is 1. The zero-order chi connectivity index (χ0) is 31.4. The van der Waals surface area contributed by atoms with E-state index in [1.807, 2.05) is 38.1 Å². The predicted molar refractivity (Wildman–Crippen MR) is 162 cm³/mol. The van der Waals surface area contributed by atoms with Gasteiger partial charge in [-0.25, -0.2) is 13.2 Å². The Morgan fingerprint density at radius 1 is 1.14 bits per heavy atom. The van der Waals surface area contributed by atoms with Crippen LogP contribution in [0.2, 0.25) is 5.02 Å². The third kappa shape index (κ3) is 9.07. The van der Waals surface area contributed by atoms with Crippen LogP contribution in [0, 0.1) is 17.8 Å². The molecule has 0 radical (unpaired) electrons. The molecule has 5 atom stereocenters. The summed E-state index contributed by atoms with van der Waals surface area (Å²) in [5.74, 6) is -2.30. The van der Waals surface area contributed by atoms with Gasteiger partial charge in [-0.15, -0.1) is 0 Å². The Morgan fingerprint density at radius 2 is 1.88 bits per heavy atom. The van der Waals surface area contributed by atoms with Crippen LogP contribution in [0.25, 0.3) is 0 Å². The van der Waals surface area contributed by atoms with E-state index in [0.29, 0.717) is 43.7 Å². The number of hydrogen-bond donors (Lipinski definition) is 4. The number of rotatable bonds is 13. The highest BCUT2D eigenvalue weighted by Crippen LogP contribution is 2.32. The van der Waals surface area contributed by atoms with Crippen molar-refractivity contribution in [3.8, 4) is 0 Å². The molecule has 0 aromatic heterocycles. The van der Waals surface area contributed by atoms with Crippen LogP contribution >= 0.6 is 11.6 Å². The molecule has 2 saturated carbocycles. The highest BCUT2D eigenvalue weighted by Gasteiger charge is 2.43. The first-order valence-electron chi connectivity index (χ1n) is 15.1. The van der Waals surface area contributed by atoms with Crippen molar-refractivity contribution in [1.29, 1.82) is 0 Å². The average Bonchev–Trinajstić information content (AvgIpc) is 3.59. The molecule has 3 aliphatic rings. The number of nitrogens with one attached hydrogen (secondary N) is 4.